The molecule has 0 aliphatic carbocycles. The molecule has 2 aromatic carbocycles. The highest BCUT2D eigenvalue weighted by Crippen LogP contribution is 2.39. The van der Waals surface area contributed by atoms with Gasteiger partial charge in [0.2, 0.25) is 19.3 Å². The number of benzene rings is 2. The van der Waals surface area contributed by atoms with E-state index < -0.39 is 25.5 Å². The number of nitrogens with two attached hydrogens (primary N) is 1. The Balaban J connectivity index is 1.59. The lowest BCUT2D eigenvalue weighted by atomic mass is 10.0. The van der Waals surface area contributed by atoms with Gasteiger partial charge in [-0.3, -0.25) is 14.2 Å². The number of hydrogen-bond acceptors (Lipinski definition) is 11. The zero-order chi connectivity index (χ0) is 35.8. The van der Waals surface area contributed by atoms with Crippen molar-refractivity contribution in [3.63, 3.8) is 0 Å². The third-order valence-electron chi connectivity index (χ3n) is 7.69. The second-order valence-corrected chi connectivity index (χ2v) is 14.0. The van der Waals surface area contributed by atoms with E-state index >= 15 is 0 Å². The number of hydrogen-bond donors (Lipinski definition) is 3. The minimum absolute atomic E-state index is 0.0299. The smallest absolute Gasteiger partial charge is 0.323 e. The predicted octanol–water partition coefficient (Wildman–Crippen LogP) is 4.33. The van der Waals surface area contributed by atoms with Gasteiger partial charge in [-0.1, -0.05) is 80.9 Å². The largest absolute Gasteiger partial charge is 0.479 e. The summed E-state index contributed by atoms with van der Waals surface area (Å²) < 4.78 is 39.2. The number of aromatic nitrogens is 4. The molecule has 0 saturated heterocycles. The number of rotatable bonds is 23. The number of anilines is 1. The van der Waals surface area contributed by atoms with Gasteiger partial charge in [0.05, 0.1) is 32.7 Å². The van der Waals surface area contributed by atoms with Crippen LogP contribution in [0, 0.1) is 0 Å². The summed E-state index contributed by atoms with van der Waals surface area (Å²) in [5.41, 5.74) is 8.47. The second-order valence-electron chi connectivity index (χ2n) is 11.8. The van der Waals surface area contributed by atoms with Gasteiger partial charge in [-0.15, -0.1) is 0 Å². The standard InChI is InChI=1S/C35H48N7O7P/c1-4-6-19-49-34(44)29(22-27-15-11-8-12-16-27)41-50(45,40-28(30(43)23-47-18-5-2)21-26-13-9-7-10-14-26)25-48-20-17-42-24-37-31-32(42)38-35(36)39-33(31)46-3/h7-16,24,28-29H,4-6,17-23,25H2,1-3H3,(H2,36,38,39)(H2,40,41,45)/t28-,29-,50?/m0/s1. The Morgan fingerprint density at radius 3 is 2.18 bits per heavy atom. The van der Waals surface area contributed by atoms with E-state index in [1.165, 1.54) is 7.11 Å². The van der Waals surface area contributed by atoms with Gasteiger partial charge in [-0.05, 0) is 36.8 Å². The Morgan fingerprint density at radius 2 is 1.54 bits per heavy atom. The molecule has 0 amide bonds. The van der Waals surface area contributed by atoms with Crippen molar-refractivity contribution in [2.45, 2.75) is 64.6 Å². The van der Waals surface area contributed by atoms with Crippen LogP contribution in [0.2, 0.25) is 0 Å². The number of imidazole rings is 1. The van der Waals surface area contributed by atoms with Crippen LogP contribution in [-0.2, 0) is 47.8 Å². The molecule has 4 rings (SSSR count). The van der Waals surface area contributed by atoms with Gasteiger partial charge in [0.25, 0.3) is 0 Å². The lowest BCUT2D eigenvalue weighted by molar-refractivity contribution is -0.145. The number of nitrogens with zero attached hydrogens (tertiary/aromatic N) is 4. The van der Waals surface area contributed by atoms with E-state index in [9.17, 15) is 14.2 Å². The molecule has 1 unspecified atom stereocenters. The maximum atomic E-state index is 15.0. The van der Waals surface area contributed by atoms with Gasteiger partial charge in [0, 0.05) is 13.2 Å². The fourth-order valence-corrected chi connectivity index (χ4v) is 7.21. The molecule has 0 aliphatic heterocycles. The van der Waals surface area contributed by atoms with E-state index in [-0.39, 0.29) is 63.2 Å². The van der Waals surface area contributed by atoms with Gasteiger partial charge in [0.15, 0.2) is 16.9 Å². The average molecular weight is 710 g/mol. The van der Waals surface area contributed by atoms with Crippen LogP contribution in [0.1, 0.15) is 44.2 Å². The van der Waals surface area contributed by atoms with Crippen molar-refractivity contribution < 1.29 is 33.1 Å². The topological polar surface area (TPSA) is 182 Å². The molecule has 0 bridgehead atoms. The van der Waals surface area contributed by atoms with E-state index in [1.807, 2.05) is 74.5 Å². The van der Waals surface area contributed by atoms with Crippen LogP contribution in [-0.4, -0.2) is 83.2 Å². The summed E-state index contributed by atoms with van der Waals surface area (Å²) in [5.74, 6) is -0.539. The number of carbonyl (C=O) groups is 2. The number of nitrogens with one attached hydrogen (secondary N) is 2. The monoisotopic (exact) mass is 709 g/mol. The molecule has 0 saturated carbocycles. The van der Waals surface area contributed by atoms with Crippen LogP contribution in [0.3, 0.4) is 0 Å². The van der Waals surface area contributed by atoms with Crippen LogP contribution < -0.4 is 20.6 Å². The molecule has 4 aromatic rings. The van der Waals surface area contributed by atoms with Gasteiger partial charge in [0.1, 0.15) is 19.0 Å². The van der Waals surface area contributed by atoms with Crippen LogP contribution >= 0.6 is 7.44 Å². The molecule has 2 aromatic heterocycles. The number of fused-ring (bicyclic) bond motifs is 1. The summed E-state index contributed by atoms with van der Waals surface area (Å²) in [5, 5.41) is 6.17. The first-order valence-electron chi connectivity index (χ1n) is 16.8. The molecule has 15 heteroatoms. The minimum Gasteiger partial charge on any atom is -0.479 e. The van der Waals surface area contributed by atoms with Crippen molar-refractivity contribution in [1.29, 1.82) is 0 Å². The van der Waals surface area contributed by atoms with Crippen LogP contribution in [0.25, 0.3) is 11.2 Å². The Bertz CT molecular complexity index is 1620. The molecular weight excluding hydrogens is 661 g/mol. The first kappa shape index (κ1) is 38.6. The second kappa shape index (κ2) is 19.9. The molecular formula is C35H48N7O7P. The number of carbonyl (C=O) groups excluding carboxylic acids is 2. The van der Waals surface area contributed by atoms with E-state index in [4.69, 9.17) is 24.7 Å². The fraction of sp³-hybridized carbons (Fsp3) is 0.457. The maximum Gasteiger partial charge on any atom is 0.323 e. The molecule has 0 spiro atoms. The van der Waals surface area contributed by atoms with Crippen molar-refractivity contribution >= 4 is 36.3 Å². The molecule has 0 aliphatic rings. The van der Waals surface area contributed by atoms with Crippen molar-refractivity contribution in [3.8, 4) is 5.88 Å². The fourth-order valence-electron chi connectivity index (χ4n) is 5.16. The first-order valence-corrected chi connectivity index (χ1v) is 18.7. The summed E-state index contributed by atoms with van der Waals surface area (Å²) >= 11 is 0. The normalized spacial score (nSPS) is 13.8. The Hall–Kier alpha value is -4.20. The molecule has 0 radical (unpaired) electrons. The zero-order valence-corrected chi connectivity index (χ0v) is 29.8. The van der Waals surface area contributed by atoms with E-state index in [1.54, 1.807) is 10.9 Å². The molecule has 3 atom stereocenters. The summed E-state index contributed by atoms with van der Waals surface area (Å²) in [7, 11) is -2.39. The number of ketones is 1. The highest BCUT2D eigenvalue weighted by atomic mass is 31.2. The van der Waals surface area contributed by atoms with Crippen molar-refractivity contribution in [1.82, 2.24) is 29.7 Å². The first-order chi connectivity index (χ1) is 24.2. The molecule has 4 N–H and O–H groups in total. The Labute approximate surface area is 292 Å². The van der Waals surface area contributed by atoms with E-state index in [2.05, 4.69) is 25.1 Å². The number of nitrogen functional groups attached to an aromatic ring is 1. The predicted molar refractivity (Wildman–Crippen MR) is 191 cm³/mol. The molecule has 14 nitrogen and oxygen atoms in total. The Kier molecular flexibility index (Phi) is 15.3. The summed E-state index contributed by atoms with van der Waals surface area (Å²) in [4.78, 5) is 39.7. The number of ether oxygens (including phenoxy) is 4. The number of Topliss-reactive ketones (excluding diaryl/α,β-unsaturated/α-hetero) is 1. The molecule has 50 heavy (non-hydrogen) atoms. The van der Waals surface area contributed by atoms with Crippen molar-refractivity contribution in [3.05, 3.63) is 78.1 Å². The van der Waals surface area contributed by atoms with Gasteiger partial charge >= 0.3 is 5.97 Å². The third-order valence-corrected chi connectivity index (χ3v) is 9.70. The quantitative estimate of drug-likeness (QED) is 0.0563. The van der Waals surface area contributed by atoms with E-state index in [0.29, 0.717) is 24.2 Å². The SMILES string of the molecule is CCCCOC(=O)[C@H](Cc1ccccc1)NP(=O)(COCCn1cnc2c(OC)nc(N)nc21)N[C@@H](Cc1ccccc1)C(=O)COCCC. The zero-order valence-electron chi connectivity index (χ0n) is 29.0. The Morgan fingerprint density at radius 1 is 0.880 bits per heavy atom. The average Bonchev–Trinajstić information content (AvgIpc) is 3.52. The molecule has 0 fully saturated rings. The summed E-state index contributed by atoms with van der Waals surface area (Å²) in [6.45, 7) is 4.81. The van der Waals surface area contributed by atoms with E-state index in [0.717, 1.165) is 24.0 Å². The number of unbranched alkanes of at least 4 members (excludes halogenated alkanes) is 1. The van der Waals surface area contributed by atoms with Crippen LogP contribution in [0.4, 0.5) is 5.95 Å². The third kappa shape index (κ3) is 11.7. The summed E-state index contributed by atoms with van der Waals surface area (Å²) in [6, 6.07) is 16.9. The van der Waals surface area contributed by atoms with Gasteiger partial charge < -0.3 is 29.2 Å². The molecule has 2 heterocycles. The lowest BCUT2D eigenvalue weighted by Crippen LogP contribution is -2.47. The van der Waals surface area contributed by atoms with Gasteiger partial charge in [-0.2, -0.15) is 9.97 Å². The highest BCUT2D eigenvalue weighted by molar-refractivity contribution is 7.59. The maximum absolute atomic E-state index is 15.0. The number of methoxy groups -OCH3 is 1. The van der Waals surface area contributed by atoms with Crippen LogP contribution in [0.15, 0.2) is 67.0 Å². The van der Waals surface area contributed by atoms with Crippen molar-refractivity contribution in [2.75, 3.05) is 45.6 Å². The highest BCUT2D eigenvalue weighted by Gasteiger charge is 2.35. The number of esters is 1. The molecule has 270 valence electrons. The minimum atomic E-state index is -3.86. The van der Waals surface area contributed by atoms with Gasteiger partial charge in [-0.25, -0.2) is 15.2 Å². The van der Waals surface area contributed by atoms with Crippen molar-refractivity contribution in [2.24, 2.45) is 0 Å². The lowest BCUT2D eigenvalue weighted by Gasteiger charge is -2.29. The summed E-state index contributed by atoms with van der Waals surface area (Å²) in [6.07, 6.45) is 3.96. The van der Waals surface area contributed by atoms with Crippen LogP contribution in [0.5, 0.6) is 5.88 Å².